The van der Waals surface area contributed by atoms with Crippen molar-refractivity contribution >= 4 is 12.3 Å². The van der Waals surface area contributed by atoms with Gasteiger partial charge in [0.15, 0.2) is 0 Å². The van der Waals surface area contributed by atoms with Crippen molar-refractivity contribution in [3.8, 4) is 0 Å². The molecule has 7 atom stereocenters. The molecular weight excluding hydrogens is 350 g/mol. The van der Waals surface area contributed by atoms with Crippen LogP contribution in [0.5, 0.6) is 0 Å². The molecule has 0 radical (unpaired) electrons. The second-order valence-corrected chi connectivity index (χ2v) is 6.17. The molecule has 0 aromatic carbocycles. The number of carbonyl (C=O) groups excluding carboxylic acids is 2. The van der Waals surface area contributed by atoms with Gasteiger partial charge >= 0.3 is 0 Å². The summed E-state index contributed by atoms with van der Waals surface area (Å²) >= 11 is 0. The molecule has 0 aromatic rings. The fourth-order valence-corrected chi connectivity index (χ4v) is 2.91. The summed E-state index contributed by atoms with van der Waals surface area (Å²) in [5.41, 5.74) is 0. The molecule has 0 spiro atoms. The number of nitrogens with one attached hydrogen (secondary N) is 3. The van der Waals surface area contributed by atoms with Gasteiger partial charge in [-0.25, -0.2) is 0 Å². The first-order valence-electron chi connectivity index (χ1n) is 8.41. The lowest BCUT2D eigenvalue weighted by Crippen LogP contribution is -2.82. The quantitative estimate of drug-likeness (QED) is 0.186. The molecule has 0 aromatic heterocycles. The highest BCUT2D eigenvalue weighted by atomic mass is 16.4. The van der Waals surface area contributed by atoms with Gasteiger partial charge in [-0.3, -0.25) is 0 Å². The van der Waals surface area contributed by atoms with E-state index in [9.17, 15) is 35.1 Å². The molecule has 26 heavy (non-hydrogen) atoms. The Bertz CT molecular complexity index is 441. The molecule has 0 amide bonds. The van der Waals surface area contributed by atoms with Crippen molar-refractivity contribution in [2.45, 2.75) is 55.4 Å². The van der Waals surface area contributed by atoms with E-state index in [0.717, 1.165) is 0 Å². The summed E-state index contributed by atoms with van der Waals surface area (Å²) in [6.07, 6.45) is -6.19. The van der Waals surface area contributed by atoms with E-state index in [0.29, 0.717) is 6.29 Å². The SMILES string of the molecule is O=CCCN[C@@H]1[C@H]([O-])[C@H](NCCC(=O)[O-])[C@H]([O-])[C@H](NCC([O-])CO)[C@@H]1[O-]. The minimum absolute atomic E-state index is 0.0742. The van der Waals surface area contributed by atoms with E-state index < -0.39 is 61.5 Å². The minimum atomic E-state index is -1.71. The van der Waals surface area contributed by atoms with Crippen LogP contribution in [0.25, 0.3) is 0 Å². The van der Waals surface area contributed by atoms with E-state index in [1.165, 1.54) is 0 Å². The standard InChI is InChI=1S/C15H25N3O8/c19-5-1-3-16-10-13(24)11(17-4-2-9(22)23)15(26)12(14(10)25)18-6-8(21)7-20/h5,8,10-18,20H,1-4,6-7H2,(H,22,23)/q-4/p-1/t8?,10-,11+,12-,13+,14-,15+/m1/s1. The second kappa shape index (κ2) is 11.5. The Balaban J connectivity index is 2.85. The smallest absolute Gasteiger partial charge is 0.121 e. The Kier molecular flexibility index (Phi) is 10.1. The van der Waals surface area contributed by atoms with Crippen LogP contribution in [0.15, 0.2) is 0 Å². The highest BCUT2D eigenvalue weighted by molar-refractivity contribution is 5.64. The van der Waals surface area contributed by atoms with E-state index in [2.05, 4.69) is 16.0 Å². The number of aldehydes is 1. The molecule has 0 bridgehead atoms. The van der Waals surface area contributed by atoms with E-state index in [-0.39, 0.29) is 26.1 Å². The van der Waals surface area contributed by atoms with Crippen molar-refractivity contribution in [1.82, 2.24) is 16.0 Å². The lowest BCUT2D eigenvalue weighted by Gasteiger charge is -2.61. The summed E-state index contributed by atoms with van der Waals surface area (Å²) in [4.78, 5) is 20.9. The summed E-state index contributed by atoms with van der Waals surface area (Å²) in [6.45, 7) is -1.10. The van der Waals surface area contributed by atoms with Gasteiger partial charge < -0.3 is 56.2 Å². The largest absolute Gasteiger partial charge is 0.850 e. The van der Waals surface area contributed by atoms with Crippen LogP contribution >= 0.6 is 0 Å². The van der Waals surface area contributed by atoms with Gasteiger partial charge in [-0.15, -0.1) is 0 Å². The van der Waals surface area contributed by atoms with E-state index >= 15 is 0 Å². The number of hydrogen-bond donors (Lipinski definition) is 4. The van der Waals surface area contributed by atoms with Crippen LogP contribution in [0, 0.1) is 0 Å². The molecule has 1 saturated carbocycles. The molecule has 152 valence electrons. The van der Waals surface area contributed by atoms with Crippen molar-refractivity contribution in [3.63, 3.8) is 0 Å². The summed E-state index contributed by atoms with van der Waals surface area (Å²) in [5, 5.41) is 76.0. The molecule has 11 heteroatoms. The molecule has 1 aliphatic rings. The predicted octanol–water partition coefficient (Wildman–Crippen LogP) is -8.49. The van der Waals surface area contributed by atoms with E-state index in [1.54, 1.807) is 0 Å². The zero-order chi connectivity index (χ0) is 19.7. The fourth-order valence-electron chi connectivity index (χ4n) is 2.91. The molecule has 11 nitrogen and oxygen atoms in total. The highest BCUT2D eigenvalue weighted by Crippen LogP contribution is 2.17. The van der Waals surface area contributed by atoms with Crippen LogP contribution in [0.4, 0.5) is 0 Å². The monoisotopic (exact) mass is 374 g/mol. The lowest BCUT2D eigenvalue weighted by atomic mass is 9.79. The van der Waals surface area contributed by atoms with Gasteiger partial charge in [-0.1, -0.05) is 24.4 Å². The number of carboxylic acid groups (broad SMARTS) is 1. The maximum atomic E-state index is 12.5. The topological polar surface area (TPSA) is 206 Å². The Labute approximate surface area is 151 Å². The average molecular weight is 374 g/mol. The first kappa shape index (κ1) is 22.9. The third kappa shape index (κ3) is 6.52. The average Bonchev–Trinajstić information content (AvgIpc) is 2.60. The third-order valence-electron chi connectivity index (χ3n) is 4.26. The third-order valence-corrected chi connectivity index (χ3v) is 4.26. The molecule has 1 aliphatic carbocycles. The molecule has 1 fully saturated rings. The van der Waals surface area contributed by atoms with Crippen LogP contribution in [-0.4, -0.2) is 86.1 Å². The zero-order valence-electron chi connectivity index (χ0n) is 14.2. The van der Waals surface area contributed by atoms with Crippen LogP contribution in [-0.2, 0) is 9.59 Å². The maximum absolute atomic E-state index is 12.5. The van der Waals surface area contributed by atoms with Crippen LogP contribution in [0.1, 0.15) is 12.8 Å². The normalized spacial score (nSPS) is 33.0. The van der Waals surface area contributed by atoms with E-state index in [4.69, 9.17) is 5.11 Å². The van der Waals surface area contributed by atoms with Crippen molar-refractivity contribution in [1.29, 1.82) is 0 Å². The van der Waals surface area contributed by atoms with Gasteiger partial charge in [0, 0.05) is 32.1 Å². The molecule has 0 heterocycles. The first-order valence-corrected chi connectivity index (χ1v) is 8.41. The van der Waals surface area contributed by atoms with Gasteiger partial charge in [0.25, 0.3) is 0 Å². The first-order chi connectivity index (χ1) is 12.3. The molecule has 0 saturated heterocycles. The van der Waals surface area contributed by atoms with Gasteiger partial charge in [0.2, 0.25) is 0 Å². The summed E-state index contributed by atoms with van der Waals surface area (Å²) in [5.74, 6) is -1.35. The summed E-state index contributed by atoms with van der Waals surface area (Å²) < 4.78 is 0. The van der Waals surface area contributed by atoms with Gasteiger partial charge in [-0.2, -0.15) is 0 Å². The van der Waals surface area contributed by atoms with Crippen molar-refractivity contribution in [3.05, 3.63) is 0 Å². The molecule has 1 rings (SSSR count). The maximum Gasteiger partial charge on any atom is 0.121 e. The Hall–Kier alpha value is -1.18. The van der Waals surface area contributed by atoms with Crippen LogP contribution in [0.3, 0.4) is 0 Å². The Morgan fingerprint density at radius 1 is 1.00 bits per heavy atom. The number of rotatable bonds is 12. The lowest BCUT2D eigenvalue weighted by molar-refractivity contribution is -0.536. The molecular formula is C15H24N3O8-5. The van der Waals surface area contributed by atoms with E-state index in [1.807, 2.05) is 0 Å². The number of aliphatic hydroxyl groups is 1. The fraction of sp³-hybridized carbons (Fsp3) is 0.867. The van der Waals surface area contributed by atoms with Crippen molar-refractivity contribution in [2.75, 3.05) is 26.2 Å². The van der Waals surface area contributed by atoms with Crippen molar-refractivity contribution < 1.29 is 40.2 Å². The Morgan fingerprint density at radius 2 is 1.50 bits per heavy atom. The highest BCUT2D eigenvalue weighted by Gasteiger charge is 2.35. The van der Waals surface area contributed by atoms with Crippen molar-refractivity contribution in [2.24, 2.45) is 0 Å². The minimum Gasteiger partial charge on any atom is -0.850 e. The second-order valence-electron chi connectivity index (χ2n) is 6.17. The zero-order valence-corrected chi connectivity index (χ0v) is 14.2. The molecule has 0 aliphatic heterocycles. The number of carbonyl (C=O) groups is 2. The van der Waals surface area contributed by atoms with Gasteiger partial charge in [0.1, 0.15) is 6.29 Å². The number of aliphatic carboxylic acids is 1. The van der Waals surface area contributed by atoms with Crippen LogP contribution < -0.4 is 41.5 Å². The Morgan fingerprint density at radius 3 is 1.96 bits per heavy atom. The van der Waals surface area contributed by atoms with Gasteiger partial charge in [0.05, 0.1) is 0 Å². The van der Waals surface area contributed by atoms with Crippen LogP contribution in [0.2, 0.25) is 0 Å². The molecule has 1 unspecified atom stereocenters. The summed E-state index contributed by atoms with van der Waals surface area (Å²) in [7, 11) is 0. The molecule has 4 N–H and O–H groups in total. The number of carboxylic acids is 1. The van der Waals surface area contributed by atoms with Gasteiger partial charge in [-0.05, 0) is 31.1 Å². The summed E-state index contributed by atoms with van der Waals surface area (Å²) in [6, 6.07) is -3.74. The number of aliphatic hydroxyl groups excluding tert-OH is 1. The number of hydrogen-bond acceptors (Lipinski definition) is 11. The predicted molar refractivity (Wildman–Crippen MR) is 77.9 cm³/mol.